The van der Waals surface area contributed by atoms with Crippen LogP contribution in [0.2, 0.25) is 0 Å². The van der Waals surface area contributed by atoms with Crippen molar-refractivity contribution in [3.8, 4) is 0 Å². The Hall–Kier alpha value is -2.11. The highest BCUT2D eigenvalue weighted by molar-refractivity contribution is 7.90. The van der Waals surface area contributed by atoms with Crippen LogP contribution in [0.5, 0.6) is 0 Å². The molecule has 0 spiro atoms. The van der Waals surface area contributed by atoms with Gasteiger partial charge in [0, 0.05) is 18.1 Å². The fourth-order valence-electron chi connectivity index (χ4n) is 2.91. The van der Waals surface area contributed by atoms with Gasteiger partial charge in [-0.15, -0.1) is 0 Å². The lowest BCUT2D eigenvalue weighted by Crippen LogP contribution is -2.12. The first kappa shape index (κ1) is 15.8. The lowest BCUT2D eigenvalue weighted by atomic mass is 10.1. The van der Waals surface area contributed by atoms with E-state index in [2.05, 4.69) is 11.0 Å². The van der Waals surface area contributed by atoms with Gasteiger partial charge in [-0.3, -0.25) is 0 Å². The molecule has 4 nitrogen and oxygen atoms in total. The highest BCUT2D eigenvalue weighted by Gasteiger charge is 2.21. The third kappa shape index (κ3) is 2.78. The maximum atomic E-state index is 12.9. The van der Waals surface area contributed by atoms with Gasteiger partial charge < -0.3 is 4.90 Å². The molecule has 0 bridgehead atoms. The molecule has 23 heavy (non-hydrogen) atoms. The quantitative estimate of drug-likeness (QED) is 0.738. The summed E-state index contributed by atoms with van der Waals surface area (Å²) in [6, 6.07) is 14.4. The van der Waals surface area contributed by atoms with E-state index in [1.54, 1.807) is 30.5 Å². The van der Waals surface area contributed by atoms with E-state index < -0.39 is 10.0 Å². The Labute approximate surface area is 137 Å². The first-order chi connectivity index (χ1) is 10.9. The number of benzene rings is 2. The van der Waals surface area contributed by atoms with Gasteiger partial charge in [-0.2, -0.15) is 0 Å². The molecule has 0 aliphatic carbocycles. The smallest absolute Gasteiger partial charge is 0.268 e. The summed E-state index contributed by atoms with van der Waals surface area (Å²) in [5.74, 6) is 0. The zero-order valence-corrected chi connectivity index (χ0v) is 14.3. The third-order valence-corrected chi connectivity index (χ3v) is 5.55. The van der Waals surface area contributed by atoms with Crippen molar-refractivity contribution < 1.29 is 8.42 Å². The van der Waals surface area contributed by atoms with E-state index in [9.17, 15) is 8.42 Å². The van der Waals surface area contributed by atoms with Crippen LogP contribution in [0, 0.1) is 6.92 Å². The van der Waals surface area contributed by atoms with Crippen molar-refractivity contribution in [2.45, 2.75) is 18.4 Å². The second-order valence-corrected chi connectivity index (χ2v) is 7.79. The normalized spacial score (nSPS) is 12.2. The van der Waals surface area contributed by atoms with Crippen LogP contribution in [0.15, 0.2) is 59.6 Å². The maximum absolute atomic E-state index is 12.9. The van der Waals surface area contributed by atoms with E-state index in [-0.39, 0.29) is 0 Å². The summed E-state index contributed by atoms with van der Waals surface area (Å²) in [6.07, 6.45) is 1.71. The molecule has 2 aromatic carbocycles. The van der Waals surface area contributed by atoms with Crippen molar-refractivity contribution in [1.29, 1.82) is 0 Å². The fourth-order valence-corrected chi connectivity index (χ4v) is 4.35. The summed E-state index contributed by atoms with van der Waals surface area (Å²) in [5.41, 5.74) is 2.83. The molecule has 0 atom stereocenters. The molecule has 1 aromatic heterocycles. The Bertz CT molecular complexity index is 942. The SMILES string of the molecule is Cc1cn(S(=O)(=O)c2ccccc2)c2cccc(CN(C)C)c12. The Kier molecular flexibility index (Phi) is 4.00. The average molecular weight is 328 g/mol. The molecular formula is C18H20N2O2S. The van der Waals surface area contributed by atoms with Gasteiger partial charge in [0.25, 0.3) is 10.0 Å². The molecule has 0 aliphatic rings. The molecule has 0 unspecified atom stereocenters. The minimum Gasteiger partial charge on any atom is -0.305 e. The summed E-state index contributed by atoms with van der Waals surface area (Å²) in [6.45, 7) is 2.73. The van der Waals surface area contributed by atoms with Gasteiger partial charge in [0.05, 0.1) is 10.4 Å². The van der Waals surface area contributed by atoms with Crippen molar-refractivity contribution in [3.05, 3.63) is 65.9 Å². The molecule has 0 radical (unpaired) electrons. The van der Waals surface area contributed by atoms with Crippen LogP contribution in [0.25, 0.3) is 10.9 Å². The molecular weight excluding hydrogens is 308 g/mol. The van der Waals surface area contributed by atoms with Crippen molar-refractivity contribution >= 4 is 20.9 Å². The van der Waals surface area contributed by atoms with Crippen LogP contribution in [-0.2, 0) is 16.6 Å². The molecule has 0 aliphatic heterocycles. The van der Waals surface area contributed by atoms with E-state index in [1.165, 1.54) is 3.97 Å². The van der Waals surface area contributed by atoms with Crippen LogP contribution in [-0.4, -0.2) is 31.4 Å². The minimum absolute atomic E-state index is 0.301. The van der Waals surface area contributed by atoms with Crippen molar-refractivity contribution in [1.82, 2.24) is 8.87 Å². The van der Waals surface area contributed by atoms with E-state index >= 15 is 0 Å². The Morgan fingerprint density at radius 2 is 1.70 bits per heavy atom. The molecule has 0 saturated carbocycles. The number of fused-ring (bicyclic) bond motifs is 1. The molecule has 3 aromatic rings. The zero-order chi connectivity index (χ0) is 16.6. The van der Waals surface area contributed by atoms with E-state index in [1.807, 2.05) is 39.2 Å². The second kappa shape index (κ2) is 5.83. The Morgan fingerprint density at radius 3 is 2.35 bits per heavy atom. The first-order valence-corrected chi connectivity index (χ1v) is 8.90. The van der Waals surface area contributed by atoms with Gasteiger partial charge in [-0.05, 0) is 50.3 Å². The molecule has 5 heteroatoms. The second-order valence-electron chi connectivity index (χ2n) is 5.98. The predicted molar refractivity (Wildman–Crippen MR) is 93.1 cm³/mol. The highest BCUT2D eigenvalue weighted by atomic mass is 32.2. The van der Waals surface area contributed by atoms with Crippen LogP contribution >= 0.6 is 0 Å². The topological polar surface area (TPSA) is 42.3 Å². The van der Waals surface area contributed by atoms with Crippen molar-refractivity contribution in [2.24, 2.45) is 0 Å². The average Bonchev–Trinajstić information content (AvgIpc) is 2.87. The number of rotatable bonds is 4. The van der Waals surface area contributed by atoms with Crippen molar-refractivity contribution in [3.63, 3.8) is 0 Å². The summed E-state index contributed by atoms with van der Waals surface area (Å²) in [4.78, 5) is 2.38. The third-order valence-electron chi connectivity index (χ3n) is 3.86. The molecule has 0 amide bonds. The van der Waals surface area contributed by atoms with Gasteiger partial charge in [0.1, 0.15) is 0 Å². The zero-order valence-electron chi connectivity index (χ0n) is 13.5. The maximum Gasteiger partial charge on any atom is 0.268 e. The standard InChI is InChI=1S/C18H20N2O2S/c1-14-12-20(23(21,22)16-9-5-4-6-10-16)17-11-7-8-15(18(14)17)13-19(2)3/h4-12H,13H2,1-3H3. The van der Waals surface area contributed by atoms with Gasteiger partial charge in [0.15, 0.2) is 0 Å². The number of aromatic nitrogens is 1. The molecule has 1 heterocycles. The molecule has 0 N–H and O–H groups in total. The van der Waals surface area contributed by atoms with Crippen molar-refractivity contribution in [2.75, 3.05) is 14.1 Å². The molecule has 0 saturated heterocycles. The summed E-state index contributed by atoms with van der Waals surface area (Å²) in [5, 5.41) is 1.01. The predicted octanol–water partition coefficient (Wildman–Crippen LogP) is 3.25. The van der Waals surface area contributed by atoms with E-state index in [0.717, 1.165) is 28.6 Å². The number of aryl methyl sites for hydroxylation is 1. The monoisotopic (exact) mass is 328 g/mol. The van der Waals surface area contributed by atoms with Gasteiger partial charge >= 0.3 is 0 Å². The van der Waals surface area contributed by atoms with Crippen LogP contribution < -0.4 is 0 Å². The van der Waals surface area contributed by atoms with E-state index in [4.69, 9.17) is 0 Å². The minimum atomic E-state index is -3.59. The van der Waals surface area contributed by atoms with E-state index in [0.29, 0.717) is 4.90 Å². The summed E-state index contributed by atoms with van der Waals surface area (Å²) >= 11 is 0. The number of nitrogens with zero attached hydrogens (tertiary/aromatic N) is 2. The van der Waals surface area contributed by atoms with Crippen LogP contribution in [0.1, 0.15) is 11.1 Å². The first-order valence-electron chi connectivity index (χ1n) is 7.46. The lowest BCUT2D eigenvalue weighted by Gasteiger charge is -2.12. The largest absolute Gasteiger partial charge is 0.305 e. The highest BCUT2D eigenvalue weighted by Crippen LogP contribution is 2.28. The Balaban J connectivity index is 2.25. The van der Waals surface area contributed by atoms with Gasteiger partial charge in [-0.25, -0.2) is 12.4 Å². The van der Waals surface area contributed by atoms with Crippen LogP contribution in [0.3, 0.4) is 0 Å². The molecule has 120 valence electrons. The van der Waals surface area contributed by atoms with Crippen LogP contribution in [0.4, 0.5) is 0 Å². The summed E-state index contributed by atoms with van der Waals surface area (Å²) in [7, 11) is 0.425. The fraction of sp³-hybridized carbons (Fsp3) is 0.222. The lowest BCUT2D eigenvalue weighted by molar-refractivity contribution is 0.404. The van der Waals surface area contributed by atoms with Gasteiger partial charge in [0.2, 0.25) is 0 Å². The molecule has 0 fully saturated rings. The molecule has 3 rings (SSSR count). The Morgan fingerprint density at radius 1 is 1.00 bits per heavy atom. The number of hydrogen-bond acceptors (Lipinski definition) is 3. The number of hydrogen-bond donors (Lipinski definition) is 0. The van der Waals surface area contributed by atoms with Gasteiger partial charge in [-0.1, -0.05) is 30.3 Å². The summed E-state index contributed by atoms with van der Waals surface area (Å²) < 4.78 is 27.3.